The van der Waals surface area contributed by atoms with Crippen molar-refractivity contribution in [2.45, 2.75) is 26.4 Å². The van der Waals surface area contributed by atoms with Crippen LogP contribution in [-0.2, 0) is 23.3 Å². The molecule has 0 radical (unpaired) electrons. The Hall–Kier alpha value is -1.03. The molecule has 0 bridgehead atoms. The van der Waals surface area contributed by atoms with Gasteiger partial charge in [-0.3, -0.25) is 0 Å². The summed E-state index contributed by atoms with van der Waals surface area (Å²) in [5.74, 6) is 0.657. The monoisotopic (exact) mass is 275 g/mol. The van der Waals surface area contributed by atoms with Gasteiger partial charge in [-0.1, -0.05) is 12.1 Å². The van der Waals surface area contributed by atoms with Crippen molar-refractivity contribution in [1.82, 2.24) is 18.8 Å². The normalized spacial score (nSPS) is 20.6. The average molecular weight is 275 g/mol. The van der Waals surface area contributed by atoms with E-state index in [1.165, 1.54) is 8.61 Å². The number of hydrogen-bond donors (Lipinski definition) is 1. The van der Waals surface area contributed by atoms with Crippen LogP contribution in [-0.4, -0.2) is 46.8 Å². The molecule has 0 unspecified atom stereocenters. The maximum absolute atomic E-state index is 12.1. The zero-order valence-electron chi connectivity index (χ0n) is 10.2. The van der Waals surface area contributed by atoms with E-state index in [2.05, 4.69) is 10.1 Å². The molecule has 2 N–H and O–H groups in total. The van der Waals surface area contributed by atoms with Crippen LogP contribution in [0.2, 0.25) is 0 Å². The van der Waals surface area contributed by atoms with Gasteiger partial charge in [-0.15, -0.1) is 0 Å². The van der Waals surface area contributed by atoms with E-state index in [0.29, 0.717) is 31.3 Å². The van der Waals surface area contributed by atoms with E-state index in [-0.39, 0.29) is 13.1 Å². The summed E-state index contributed by atoms with van der Waals surface area (Å²) >= 11 is 0. The lowest BCUT2D eigenvalue weighted by molar-refractivity contribution is 0.363. The van der Waals surface area contributed by atoms with Crippen LogP contribution in [0.1, 0.15) is 25.1 Å². The number of nitrogens with zero attached hydrogens (tertiary/aromatic N) is 4. The van der Waals surface area contributed by atoms with Crippen LogP contribution in [0, 0.1) is 0 Å². The maximum atomic E-state index is 12.1. The van der Waals surface area contributed by atoms with Crippen LogP contribution in [0.3, 0.4) is 0 Å². The molecule has 0 aromatic carbocycles. The van der Waals surface area contributed by atoms with Crippen molar-refractivity contribution < 1.29 is 12.9 Å². The third-order valence-electron chi connectivity index (χ3n) is 2.73. The highest BCUT2D eigenvalue weighted by Crippen LogP contribution is 2.18. The van der Waals surface area contributed by atoms with Gasteiger partial charge in [0.15, 0.2) is 5.82 Å². The SMILES string of the molecule is CCCN1CCN(Cc2noc(CN)n2)S1(=O)=O. The van der Waals surface area contributed by atoms with Gasteiger partial charge >= 0.3 is 0 Å². The van der Waals surface area contributed by atoms with Gasteiger partial charge in [-0.05, 0) is 6.42 Å². The molecular weight excluding hydrogens is 258 g/mol. The minimum Gasteiger partial charge on any atom is -0.338 e. The molecule has 8 nitrogen and oxygen atoms in total. The van der Waals surface area contributed by atoms with Gasteiger partial charge in [0.25, 0.3) is 10.2 Å². The van der Waals surface area contributed by atoms with E-state index in [0.717, 1.165) is 6.42 Å². The van der Waals surface area contributed by atoms with Gasteiger partial charge in [-0.2, -0.15) is 22.0 Å². The molecule has 1 aliphatic rings. The fourth-order valence-electron chi connectivity index (χ4n) is 1.85. The Balaban J connectivity index is 2.06. The van der Waals surface area contributed by atoms with Crippen LogP contribution in [0.25, 0.3) is 0 Å². The van der Waals surface area contributed by atoms with Crippen LogP contribution in [0.15, 0.2) is 4.52 Å². The first kappa shape index (κ1) is 13.4. The van der Waals surface area contributed by atoms with Crippen LogP contribution >= 0.6 is 0 Å². The van der Waals surface area contributed by atoms with Crippen molar-refractivity contribution in [3.05, 3.63) is 11.7 Å². The highest BCUT2D eigenvalue weighted by atomic mass is 32.2. The average Bonchev–Trinajstić information content (AvgIpc) is 2.89. The van der Waals surface area contributed by atoms with Crippen LogP contribution < -0.4 is 5.73 Å². The third-order valence-corrected chi connectivity index (χ3v) is 4.71. The van der Waals surface area contributed by atoms with Crippen LogP contribution in [0.4, 0.5) is 0 Å². The Morgan fingerprint density at radius 2 is 2.11 bits per heavy atom. The summed E-state index contributed by atoms with van der Waals surface area (Å²) in [6.45, 7) is 3.74. The van der Waals surface area contributed by atoms with E-state index in [1.807, 2.05) is 6.92 Å². The first-order valence-electron chi connectivity index (χ1n) is 5.84. The highest BCUT2D eigenvalue weighted by molar-refractivity contribution is 7.87. The van der Waals surface area contributed by atoms with Crippen molar-refractivity contribution in [2.24, 2.45) is 5.73 Å². The second kappa shape index (κ2) is 5.31. The van der Waals surface area contributed by atoms with E-state index < -0.39 is 10.2 Å². The topological polar surface area (TPSA) is 106 Å². The molecule has 18 heavy (non-hydrogen) atoms. The molecule has 1 saturated heterocycles. The largest absolute Gasteiger partial charge is 0.338 e. The second-order valence-corrected chi connectivity index (χ2v) is 5.98. The third kappa shape index (κ3) is 2.53. The fraction of sp³-hybridized carbons (Fsp3) is 0.778. The van der Waals surface area contributed by atoms with Crippen molar-refractivity contribution in [2.75, 3.05) is 19.6 Å². The molecule has 0 atom stereocenters. The molecule has 1 aromatic heterocycles. The van der Waals surface area contributed by atoms with Crippen molar-refractivity contribution in [3.8, 4) is 0 Å². The van der Waals surface area contributed by atoms with Crippen molar-refractivity contribution >= 4 is 10.2 Å². The summed E-state index contributed by atoms with van der Waals surface area (Å²) in [6, 6.07) is 0. The summed E-state index contributed by atoms with van der Waals surface area (Å²) in [5.41, 5.74) is 5.35. The summed E-state index contributed by atoms with van der Waals surface area (Å²) in [5, 5.41) is 3.70. The number of nitrogens with two attached hydrogens (primary N) is 1. The summed E-state index contributed by atoms with van der Waals surface area (Å²) in [4.78, 5) is 4.00. The molecule has 2 rings (SSSR count). The Morgan fingerprint density at radius 3 is 2.72 bits per heavy atom. The van der Waals surface area contributed by atoms with Crippen LogP contribution in [0.5, 0.6) is 0 Å². The lowest BCUT2D eigenvalue weighted by atomic mass is 10.4. The van der Waals surface area contributed by atoms with E-state index in [4.69, 9.17) is 10.3 Å². The zero-order valence-corrected chi connectivity index (χ0v) is 11.1. The first-order chi connectivity index (χ1) is 8.57. The van der Waals surface area contributed by atoms with Gasteiger partial charge in [0.2, 0.25) is 5.89 Å². The molecule has 9 heteroatoms. The summed E-state index contributed by atoms with van der Waals surface area (Å²) < 4.78 is 31.9. The smallest absolute Gasteiger partial charge is 0.282 e. The first-order valence-corrected chi connectivity index (χ1v) is 7.24. The van der Waals surface area contributed by atoms with E-state index in [9.17, 15) is 8.42 Å². The molecule has 0 aliphatic carbocycles. The predicted molar refractivity (Wildman–Crippen MR) is 63.4 cm³/mol. The lowest BCUT2D eigenvalue weighted by Crippen LogP contribution is -2.33. The van der Waals surface area contributed by atoms with Crippen molar-refractivity contribution in [3.63, 3.8) is 0 Å². The molecule has 102 valence electrons. The Morgan fingerprint density at radius 1 is 1.39 bits per heavy atom. The molecule has 0 saturated carbocycles. The Labute approximate surface area is 106 Å². The molecule has 1 aliphatic heterocycles. The fourth-order valence-corrected chi connectivity index (χ4v) is 3.49. The van der Waals surface area contributed by atoms with Gasteiger partial charge in [0, 0.05) is 19.6 Å². The minimum atomic E-state index is -3.37. The Kier molecular flexibility index (Phi) is 3.95. The summed E-state index contributed by atoms with van der Waals surface area (Å²) in [6.07, 6.45) is 0.798. The second-order valence-electron chi connectivity index (χ2n) is 4.05. The standard InChI is InChI=1S/C9H17N5O3S/c1-2-3-13-4-5-14(18(13,15)16)7-8-11-9(6-10)17-12-8/h2-7,10H2,1H3. The molecule has 0 amide bonds. The zero-order chi connectivity index (χ0) is 13.2. The van der Waals surface area contributed by atoms with Gasteiger partial charge in [0.1, 0.15) is 0 Å². The molecule has 1 aromatic rings. The molecule has 0 spiro atoms. The Bertz CT molecular complexity index is 500. The number of hydrogen-bond acceptors (Lipinski definition) is 6. The van der Waals surface area contributed by atoms with Gasteiger partial charge in [0.05, 0.1) is 13.1 Å². The lowest BCUT2D eigenvalue weighted by Gasteiger charge is -2.16. The summed E-state index contributed by atoms with van der Waals surface area (Å²) in [7, 11) is -3.37. The van der Waals surface area contributed by atoms with E-state index >= 15 is 0 Å². The maximum Gasteiger partial charge on any atom is 0.282 e. The predicted octanol–water partition coefficient (Wildman–Crippen LogP) is -0.699. The molecule has 1 fully saturated rings. The number of rotatable bonds is 5. The van der Waals surface area contributed by atoms with Gasteiger partial charge in [-0.25, -0.2) is 0 Å². The quantitative estimate of drug-likeness (QED) is 0.761. The minimum absolute atomic E-state index is 0.131. The molecular formula is C9H17N5O3S. The highest BCUT2D eigenvalue weighted by Gasteiger charge is 2.36. The van der Waals surface area contributed by atoms with Gasteiger partial charge < -0.3 is 10.3 Å². The molecule has 2 heterocycles. The van der Waals surface area contributed by atoms with E-state index in [1.54, 1.807) is 0 Å². The number of aromatic nitrogens is 2. The van der Waals surface area contributed by atoms with Crippen molar-refractivity contribution in [1.29, 1.82) is 0 Å².